The van der Waals surface area contributed by atoms with E-state index < -0.39 is 12.5 Å². The number of ether oxygens (including phenoxy) is 1. The van der Waals surface area contributed by atoms with Crippen molar-refractivity contribution in [2.75, 3.05) is 5.32 Å². The molecule has 1 amide bonds. The molecule has 0 unspecified atom stereocenters. The van der Waals surface area contributed by atoms with Crippen molar-refractivity contribution in [2.24, 2.45) is 0 Å². The van der Waals surface area contributed by atoms with Gasteiger partial charge in [0.2, 0.25) is 0 Å². The van der Waals surface area contributed by atoms with Crippen molar-refractivity contribution in [1.82, 2.24) is 14.8 Å². The van der Waals surface area contributed by atoms with E-state index >= 15 is 0 Å². The molecule has 1 N–H and O–H groups in total. The van der Waals surface area contributed by atoms with Gasteiger partial charge in [0, 0.05) is 17.1 Å². The normalized spacial score (nSPS) is 10.9. The summed E-state index contributed by atoms with van der Waals surface area (Å²) in [4.78, 5) is 16.8. The maximum Gasteiger partial charge on any atom is 0.387 e. The molecule has 2 aromatic heterocycles. The van der Waals surface area contributed by atoms with Crippen LogP contribution in [0.15, 0.2) is 72.2 Å². The van der Waals surface area contributed by atoms with E-state index in [2.05, 4.69) is 20.1 Å². The summed E-state index contributed by atoms with van der Waals surface area (Å²) in [5.74, 6) is -0.398. The van der Waals surface area contributed by atoms with E-state index in [1.54, 1.807) is 40.5 Å². The van der Waals surface area contributed by atoms with Crippen molar-refractivity contribution in [2.45, 2.75) is 6.61 Å². The Kier molecular flexibility index (Phi) is 5.30. The molecule has 146 valence electrons. The Balaban J connectivity index is 1.50. The fourth-order valence-electron chi connectivity index (χ4n) is 2.66. The van der Waals surface area contributed by atoms with Gasteiger partial charge in [0.05, 0.1) is 11.4 Å². The van der Waals surface area contributed by atoms with Crippen molar-refractivity contribution in [3.8, 4) is 22.7 Å². The minimum absolute atomic E-state index is 0.0206. The van der Waals surface area contributed by atoms with Crippen molar-refractivity contribution in [3.63, 3.8) is 0 Å². The summed E-state index contributed by atoms with van der Waals surface area (Å²) in [6.45, 7) is -2.94. The molecule has 0 radical (unpaired) electrons. The third-order valence-corrected chi connectivity index (χ3v) is 4.70. The minimum atomic E-state index is -2.94. The molecule has 2 heterocycles. The summed E-state index contributed by atoms with van der Waals surface area (Å²) in [6, 6.07) is 17.4. The molecule has 0 saturated carbocycles. The largest absolute Gasteiger partial charge is 0.434 e. The number of anilines is 1. The van der Waals surface area contributed by atoms with Gasteiger partial charge < -0.3 is 4.74 Å². The van der Waals surface area contributed by atoms with Crippen molar-refractivity contribution >= 4 is 22.4 Å². The molecule has 4 rings (SSSR count). The van der Waals surface area contributed by atoms with Crippen LogP contribution in [-0.2, 0) is 0 Å². The number of hydrogen-bond donors (Lipinski definition) is 1. The summed E-state index contributed by atoms with van der Waals surface area (Å²) < 4.78 is 31.3. The first kappa shape index (κ1) is 18.8. The van der Waals surface area contributed by atoms with Gasteiger partial charge in [0.1, 0.15) is 5.75 Å². The van der Waals surface area contributed by atoms with Crippen LogP contribution in [0.25, 0.3) is 16.9 Å². The zero-order valence-corrected chi connectivity index (χ0v) is 15.6. The summed E-state index contributed by atoms with van der Waals surface area (Å²) in [5.41, 5.74) is 1.90. The zero-order valence-electron chi connectivity index (χ0n) is 14.8. The van der Waals surface area contributed by atoms with Crippen LogP contribution >= 0.6 is 11.3 Å². The fraction of sp³-hybridized carbons (Fsp3) is 0.0500. The molecule has 2 aromatic carbocycles. The monoisotopic (exact) mass is 412 g/mol. The highest BCUT2D eigenvalue weighted by Crippen LogP contribution is 2.33. The number of rotatable bonds is 6. The molecule has 6 nitrogen and oxygen atoms in total. The number of amides is 1. The summed E-state index contributed by atoms with van der Waals surface area (Å²) in [7, 11) is 0. The molecule has 9 heteroatoms. The van der Waals surface area contributed by atoms with E-state index in [1.165, 1.54) is 17.4 Å². The van der Waals surface area contributed by atoms with Gasteiger partial charge in [-0.2, -0.15) is 13.9 Å². The van der Waals surface area contributed by atoms with Crippen LogP contribution < -0.4 is 10.1 Å². The lowest BCUT2D eigenvalue weighted by atomic mass is 10.1. The lowest BCUT2D eigenvalue weighted by Crippen LogP contribution is -2.13. The van der Waals surface area contributed by atoms with E-state index in [9.17, 15) is 13.6 Å². The molecule has 4 aromatic rings. The van der Waals surface area contributed by atoms with Crippen molar-refractivity contribution in [3.05, 3.63) is 77.9 Å². The number of halogens is 2. The van der Waals surface area contributed by atoms with Crippen LogP contribution in [0.3, 0.4) is 0 Å². The first-order valence-electron chi connectivity index (χ1n) is 8.52. The third-order valence-electron chi connectivity index (χ3n) is 3.95. The Morgan fingerprint density at radius 3 is 2.62 bits per heavy atom. The first-order chi connectivity index (χ1) is 14.1. The zero-order chi connectivity index (χ0) is 20.2. The quantitative estimate of drug-likeness (QED) is 0.492. The predicted octanol–water partition coefficient (Wildman–Crippen LogP) is 4.85. The first-order valence-corrected chi connectivity index (χ1v) is 9.40. The van der Waals surface area contributed by atoms with Crippen molar-refractivity contribution in [1.29, 1.82) is 0 Å². The average Bonchev–Trinajstić information content (AvgIpc) is 3.38. The molecular formula is C20H14F2N4O2S. The Labute approximate surface area is 168 Å². The fourth-order valence-corrected chi connectivity index (χ4v) is 3.37. The van der Waals surface area contributed by atoms with Crippen LogP contribution in [0.4, 0.5) is 13.9 Å². The lowest BCUT2D eigenvalue weighted by molar-refractivity contribution is -0.0494. The highest BCUT2D eigenvalue weighted by molar-refractivity contribution is 7.14. The number of aromatic nitrogens is 3. The Hall–Kier alpha value is -3.59. The molecule has 0 aliphatic rings. The summed E-state index contributed by atoms with van der Waals surface area (Å²) in [6.07, 6.45) is 1.69. The van der Waals surface area contributed by atoms with Gasteiger partial charge >= 0.3 is 6.61 Å². The Bertz CT molecular complexity index is 1130. The molecule has 29 heavy (non-hydrogen) atoms. The van der Waals surface area contributed by atoms with Crippen molar-refractivity contribution < 1.29 is 18.3 Å². The van der Waals surface area contributed by atoms with Gasteiger partial charge in [-0.3, -0.25) is 10.1 Å². The minimum Gasteiger partial charge on any atom is -0.434 e. The predicted molar refractivity (Wildman–Crippen MR) is 106 cm³/mol. The molecule has 0 spiro atoms. The molecular weight excluding hydrogens is 398 g/mol. The maximum absolute atomic E-state index is 12.6. The van der Waals surface area contributed by atoms with Gasteiger partial charge in [-0.05, 0) is 30.3 Å². The SMILES string of the molecule is O=C(Nc1nc(-c2ccccc2OC(F)F)cs1)c1ccn(-c2ccccc2)n1. The molecule has 0 fully saturated rings. The molecule has 0 aliphatic carbocycles. The van der Waals surface area contributed by atoms with E-state index in [1.807, 2.05) is 30.3 Å². The number of nitrogens with one attached hydrogen (secondary N) is 1. The van der Waals surface area contributed by atoms with Crippen LogP contribution in [0.2, 0.25) is 0 Å². The molecule has 0 atom stereocenters. The molecule has 0 aliphatic heterocycles. The second kappa shape index (κ2) is 8.19. The standard InChI is InChI=1S/C20H14F2N4O2S/c21-19(22)28-17-9-5-4-8-14(17)16-12-29-20(23-16)24-18(27)15-10-11-26(25-15)13-6-2-1-3-7-13/h1-12,19H,(H,23,24,27). The lowest BCUT2D eigenvalue weighted by Gasteiger charge is -2.08. The molecule has 0 saturated heterocycles. The van der Waals surface area contributed by atoms with Gasteiger partial charge in [-0.1, -0.05) is 30.3 Å². The second-order valence-electron chi connectivity index (χ2n) is 5.85. The van der Waals surface area contributed by atoms with Gasteiger partial charge in [-0.25, -0.2) is 9.67 Å². The second-order valence-corrected chi connectivity index (χ2v) is 6.71. The highest BCUT2D eigenvalue weighted by atomic mass is 32.1. The van der Waals surface area contributed by atoms with Gasteiger partial charge in [-0.15, -0.1) is 11.3 Å². The van der Waals surface area contributed by atoms with E-state index in [0.717, 1.165) is 5.69 Å². The number of carbonyl (C=O) groups excluding carboxylic acids is 1. The van der Waals surface area contributed by atoms with E-state index in [-0.39, 0.29) is 11.4 Å². The van der Waals surface area contributed by atoms with Gasteiger partial charge in [0.15, 0.2) is 10.8 Å². The van der Waals surface area contributed by atoms with Crippen LogP contribution in [0.1, 0.15) is 10.5 Å². The number of hydrogen-bond acceptors (Lipinski definition) is 5. The van der Waals surface area contributed by atoms with Crippen LogP contribution in [0.5, 0.6) is 5.75 Å². The third kappa shape index (κ3) is 4.30. The van der Waals surface area contributed by atoms with Crippen LogP contribution in [0, 0.1) is 0 Å². The Morgan fingerprint density at radius 2 is 1.83 bits per heavy atom. The highest BCUT2D eigenvalue weighted by Gasteiger charge is 2.16. The Morgan fingerprint density at radius 1 is 1.07 bits per heavy atom. The molecule has 0 bridgehead atoms. The number of carbonyl (C=O) groups is 1. The van der Waals surface area contributed by atoms with Crippen LogP contribution in [-0.4, -0.2) is 27.3 Å². The smallest absolute Gasteiger partial charge is 0.387 e. The summed E-state index contributed by atoms with van der Waals surface area (Å²) >= 11 is 1.18. The number of nitrogens with zero attached hydrogens (tertiary/aromatic N) is 3. The number of alkyl halides is 2. The number of benzene rings is 2. The average molecular weight is 412 g/mol. The topological polar surface area (TPSA) is 69.0 Å². The summed E-state index contributed by atoms with van der Waals surface area (Å²) in [5, 5.41) is 8.93. The van der Waals surface area contributed by atoms with E-state index in [4.69, 9.17) is 0 Å². The van der Waals surface area contributed by atoms with Gasteiger partial charge in [0.25, 0.3) is 5.91 Å². The maximum atomic E-state index is 12.6. The van der Waals surface area contributed by atoms with E-state index in [0.29, 0.717) is 16.4 Å². The number of para-hydroxylation sites is 2. The number of thiazole rings is 1.